The van der Waals surface area contributed by atoms with Gasteiger partial charge < -0.3 is 5.11 Å². The molecule has 3 rings (SSSR count). The van der Waals surface area contributed by atoms with E-state index in [1.54, 1.807) is 37.3 Å². The SMILES string of the molecule is Cc1nc2ccccc2c(C(=O)O)c1-c1cccc(F)c1. The van der Waals surface area contributed by atoms with Gasteiger partial charge in [0.2, 0.25) is 0 Å². The van der Waals surface area contributed by atoms with Crippen LogP contribution in [0.15, 0.2) is 48.5 Å². The lowest BCUT2D eigenvalue weighted by molar-refractivity contribution is 0.0699. The molecule has 0 bridgehead atoms. The lowest BCUT2D eigenvalue weighted by Crippen LogP contribution is -2.05. The van der Waals surface area contributed by atoms with Gasteiger partial charge in [0.25, 0.3) is 0 Å². The molecule has 0 aliphatic heterocycles. The first-order chi connectivity index (χ1) is 10.1. The van der Waals surface area contributed by atoms with E-state index in [1.807, 2.05) is 6.07 Å². The van der Waals surface area contributed by atoms with Crippen molar-refractivity contribution in [3.05, 3.63) is 65.6 Å². The maximum atomic E-state index is 13.5. The first-order valence-electron chi connectivity index (χ1n) is 6.46. The van der Waals surface area contributed by atoms with Crippen LogP contribution in [0.4, 0.5) is 4.39 Å². The topological polar surface area (TPSA) is 50.2 Å². The molecule has 104 valence electrons. The normalized spacial score (nSPS) is 10.8. The number of carbonyl (C=O) groups is 1. The molecule has 21 heavy (non-hydrogen) atoms. The van der Waals surface area contributed by atoms with Gasteiger partial charge >= 0.3 is 5.97 Å². The molecule has 0 aliphatic rings. The molecule has 0 saturated carbocycles. The van der Waals surface area contributed by atoms with E-state index in [9.17, 15) is 14.3 Å². The zero-order valence-corrected chi connectivity index (χ0v) is 11.3. The Bertz CT molecular complexity index is 859. The van der Waals surface area contributed by atoms with Crippen LogP contribution in [0.2, 0.25) is 0 Å². The molecule has 1 N–H and O–H groups in total. The van der Waals surface area contributed by atoms with E-state index in [1.165, 1.54) is 12.1 Å². The third-order valence-electron chi connectivity index (χ3n) is 3.40. The van der Waals surface area contributed by atoms with Gasteiger partial charge in [0.05, 0.1) is 11.1 Å². The molecule has 3 aromatic rings. The van der Waals surface area contributed by atoms with E-state index in [4.69, 9.17) is 0 Å². The molecule has 1 aromatic heterocycles. The summed E-state index contributed by atoms with van der Waals surface area (Å²) in [5, 5.41) is 10.1. The number of pyridine rings is 1. The van der Waals surface area contributed by atoms with Crippen molar-refractivity contribution < 1.29 is 14.3 Å². The minimum Gasteiger partial charge on any atom is -0.478 e. The molecule has 0 radical (unpaired) electrons. The predicted octanol–water partition coefficient (Wildman–Crippen LogP) is 4.05. The Morgan fingerprint density at radius 1 is 1.14 bits per heavy atom. The molecule has 0 amide bonds. The molecule has 1 heterocycles. The molecule has 2 aromatic carbocycles. The van der Waals surface area contributed by atoms with Crippen molar-refractivity contribution in [3.8, 4) is 11.1 Å². The van der Waals surface area contributed by atoms with Gasteiger partial charge in [-0.15, -0.1) is 0 Å². The number of para-hydroxylation sites is 1. The zero-order chi connectivity index (χ0) is 15.0. The number of benzene rings is 2. The van der Waals surface area contributed by atoms with E-state index in [-0.39, 0.29) is 5.56 Å². The van der Waals surface area contributed by atoms with Crippen molar-refractivity contribution in [1.82, 2.24) is 4.98 Å². The molecule has 4 heteroatoms. The van der Waals surface area contributed by atoms with E-state index in [2.05, 4.69) is 4.98 Å². The Morgan fingerprint density at radius 2 is 1.90 bits per heavy atom. The van der Waals surface area contributed by atoms with Crippen molar-refractivity contribution in [2.24, 2.45) is 0 Å². The summed E-state index contributed by atoms with van der Waals surface area (Å²) in [6, 6.07) is 13.0. The highest BCUT2D eigenvalue weighted by Gasteiger charge is 2.19. The minimum absolute atomic E-state index is 0.156. The van der Waals surface area contributed by atoms with E-state index < -0.39 is 11.8 Å². The number of carboxylic acids is 1. The number of aromatic carboxylic acids is 1. The molecule has 0 fully saturated rings. The lowest BCUT2D eigenvalue weighted by atomic mass is 9.95. The zero-order valence-electron chi connectivity index (χ0n) is 11.3. The van der Waals surface area contributed by atoms with E-state index in [0.717, 1.165) is 0 Å². The second kappa shape index (κ2) is 4.98. The largest absolute Gasteiger partial charge is 0.478 e. The van der Waals surface area contributed by atoms with Crippen molar-refractivity contribution in [2.75, 3.05) is 0 Å². The lowest BCUT2D eigenvalue weighted by Gasteiger charge is -2.13. The Morgan fingerprint density at radius 3 is 2.62 bits per heavy atom. The highest BCUT2D eigenvalue weighted by Crippen LogP contribution is 2.32. The molecule has 0 saturated heterocycles. The van der Waals surface area contributed by atoms with Crippen LogP contribution in [0, 0.1) is 12.7 Å². The molecule has 0 spiro atoms. The average Bonchev–Trinajstić information content (AvgIpc) is 2.45. The first kappa shape index (κ1) is 13.2. The van der Waals surface area contributed by atoms with Crippen LogP contribution in [0.1, 0.15) is 16.1 Å². The van der Waals surface area contributed by atoms with Gasteiger partial charge in [-0.25, -0.2) is 9.18 Å². The van der Waals surface area contributed by atoms with Crippen LogP contribution in [0.5, 0.6) is 0 Å². The fourth-order valence-corrected chi connectivity index (χ4v) is 2.55. The number of carboxylic acid groups (broad SMARTS) is 1. The second-order valence-electron chi connectivity index (χ2n) is 4.78. The summed E-state index contributed by atoms with van der Waals surface area (Å²) >= 11 is 0. The Kier molecular flexibility index (Phi) is 3.14. The van der Waals surface area contributed by atoms with E-state index in [0.29, 0.717) is 27.7 Å². The third-order valence-corrected chi connectivity index (χ3v) is 3.40. The summed E-state index contributed by atoms with van der Waals surface area (Å²) in [5.74, 6) is -1.45. The highest BCUT2D eigenvalue weighted by molar-refractivity contribution is 6.08. The van der Waals surface area contributed by atoms with Gasteiger partial charge in [-0.2, -0.15) is 0 Å². The van der Waals surface area contributed by atoms with Crippen molar-refractivity contribution in [1.29, 1.82) is 0 Å². The number of halogens is 1. The number of hydrogen-bond donors (Lipinski definition) is 1. The molecule has 3 nitrogen and oxygen atoms in total. The summed E-state index contributed by atoms with van der Waals surface area (Å²) in [4.78, 5) is 16.2. The maximum absolute atomic E-state index is 13.5. The molecular formula is C17H12FNO2. The fraction of sp³-hybridized carbons (Fsp3) is 0.0588. The smallest absolute Gasteiger partial charge is 0.337 e. The molecular weight excluding hydrogens is 269 g/mol. The maximum Gasteiger partial charge on any atom is 0.337 e. The molecule has 0 unspecified atom stereocenters. The Labute approximate surface area is 120 Å². The Hall–Kier alpha value is -2.75. The van der Waals surface area contributed by atoms with Crippen LogP contribution in [-0.4, -0.2) is 16.1 Å². The first-order valence-corrected chi connectivity index (χ1v) is 6.46. The average molecular weight is 281 g/mol. The third kappa shape index (κ3) is 2.25. The van der Waals surface area contributed by atoms with Gasteiger partial charge in [-0.3, -0.25) is 4.98 Å². The number of nitrogens with zero attached hydrogens (tertiary/aromatic N) is 1. The van der Waals surface area contributed by atoms with Gasteiger partial charge in [0.15, 0.2) is 0 Å². The van der Waals surface area contributed by atoms with Crippen molar-refractivity contribution in [3.63, 3.8) is 0 Å². The van der Waals surface area contributed by atoms with Crippen LogP contribution >= 0.6 is 0 Å². The van der Waals surface area contributed by atoms with Crippen LogP contribution in [0.3, 0.4) is 0 Å². The second-order valence-corrected chi connectivity index (χ2v) is 4.78. The minimum atomic E-state index is -1.05. The van der Waals surface area contributed by atoms with Gasteiger partial charge in [-0.05, 0) is 30.7 Å². The number of aromatic nitrogens is 1. The molecule has 0 atom stereocenters. The number of hydrogen-bond acceptors (Lipinski definition) is 2. The molecule has 0 aliphatic carbocycles. The standard InChI is InChI=1S/C17H12FNO2/c1-10-15(11-5-4-6-12(18)9-11)16(17(20)21)13-7-2-3-8-14(13)19-10/h2-9H,1H3,(H,20,21). The van der Waals surface area contributed by atoms with Gasteiger partial charge in [0.1, 0.15) is 5.82 Å². The summed E-state index contributed by atoms with van der Waals surface area (Å²) in [7, 11) is 0. The van der Waals surface area contributed by atoms with Crippen molar-refractivity contribution in [2.45, 2.75) is 6.92 Å². The summed E-state index contributed by atoms with van der Waals surface area (Å²) in [6.07, 6.45) is 0. The van der Waals surface area contributed by atoms with Crippen LogP contribution in [-0.2, 0) is 0 Å². The quantitative estimate of drug-likeness (QED) is 0.771. The van der Waals surface area contributed by atoms with Gasteiger partial charge in [-0.1, -0.05) is 30.3 Å². The van der Waals surface area contributed by atoms with Gasteiger partial charge in [0, 0.05) is 16.6 Å². The monoisotopic (exact) mass is 281 g/mol. The van der Waals surface area contributed by atoms with Crippen molar-refractivity contribution >= 4 is 16.9 Å². The number of rotatable bonds is 2. The summed E-state index contributed by atoms with van der Waals surface area (Å²) < 4.78 is 13.5. The summed E-state index contributed by atoms with van der Waals surface area (Å²) in [5.41, 5.74) is 2.32. The highest BCUT2D eigenvalue weighted by atomic mass is 19.1. The number of fused-ring (bicyclic) bond motifs is 1. The number of aryl methyl sites for hydroxylation is 1. The fourth-order valence-electron chi connectivity index (χ4n) is 2.55. The van der Waals surface area contributed by atoms with Crippen LogP contribution in [0.25, 0.3) is 22.0 Å². The predicted molar refractivity (Wildman–Crippen MR) is 78.8 cm³/mol. The Balaban J connectivity index is 2.44. The van der Waals surface area contributed by atoms with E-state index >= 15 is 0 Å². The van der Waals surface area contributed by atoms with Crippen LogP contribution < -0.4 is 0 Å². The summed E-state index contributed by atoms with van der Waals surface area (Å²) in [6.45, 7) is 1.74.